The molecular formula is C22H29BrN4. The highest BCUT2D eigenvalue weighted by molar-refractivity contribution is 9.09. The molecular weight excluding hydrogens is 400 g/mol. The smallest absolute Gasteiger partial charge is 0.140 e. The maximum atomic E-state index is 4.74. The molecule has 0 spiro atoms. The minimum Gasteiger partial charge on any atom is -0.348 e. The number of benzene rings is 2. The average Bonchev–Trinajstić information content (AvgIpc) is 2.98. The lowest BCUT2D eigenvalue weighted by molar-refractivity contribution is 0.636. The Balaban J connectivity index is 1.72. The van der Waals surface area contributed by atoms with Crippen LogP contribution in [-0.2, 0) is 0 Å². The molecule has 1 aliphatic rings. The second kappa shape index (κ2) is 9.79. The Morgan fingerprint density at radius 1 is 0.963 bits per heavy atom. The Morgan fingerprint density at radius 3 is 2.37 bits per heavy atom. The topological polar surface area (TPSA) is 22.1 Å². The number of hydrazone groups is 1. The predicted octanol–water partition coefficient (Wildman–Crippen LogP) is 5.35. The Kier molecular flexibility index (Phi) is 7.16. The largest absolute Gasteiger partial charge is 0.348 e. The van der Waals surface area contributed by atoms with E-state index in [2.05, 4.69) is 75.4 Å². The summed E-state index contributed by atoms with van der Waals surface area (Å²) < 4.78 is 0. The van der Waals surface area contributed by atoms with Crippen LogP contribution >= 0.6 is 15.9 Å². The van der Waals surface area contributed by atoms with Gasteiger partial charge in [0.1, 0.15) is 6.17 Å². The molecule has 3 rings (SSSR count). The molecule has 5 heteroatoms. The van der Waals surface area contributed by atoms with Gasteiger partial charge in [-0.1, -0.05) is 59.1 Å². The van der Waals surface area contributed by atoms with Crippen LogP contribution in [0, 0.1) is 0 Å². The number of rotatable bonds is 9. The van der Waals surface area contributed by atoms with E-state index in [0.717, 1.165) is 17.6 Å². The summed E-state index contributed by atoms with van der Waals surface area (Å²) in [5.74, 6) is 0. The zero-order valence-corrected chi connectivity index (χ0v) is 17.8. The molecule has 0 bridgehead atoms. The lowest BCUT2D eigenvalue weighted by Crippen LogP contribution is -2.43. The lowest BCUT2D eigenvalue weighted by atomic mass is 10.2. The number of fused-ring (bicyclic) bond motifs is 1. The summed E-state index contributed by atoms with van der Waals surface area (Å²) in [6, 6.07) is 18.9. The van der Waals surface area contributed by atoms with E-state index in [4.69, 9.17) is 5.10 Å². The van der Waals surface area contributed by atoms with E-state index >= 15 is 0 Å². The van der Waals surface area contributed by atoms with Gasteiger partial charge in [0.2, 0.25) is 0 Å². The number of halogens is 1. The summed E-state index contributed by atoms with van der Waals surface area (Å²) in [7, 11) is 4.15. The molecule has 27 heavy (non-hydrogen) atoms. The molecule has 2 aromatic carbocycles. The minimum atomic E-state index is 0.143. The molecule has 0 saturated carbocycles. The first-order valence-corrected chi connectivity index (χ1v) is 10.8. The third-order valence-electron chi connectivity index (χ3n) is 5.07. The molecule has 4 nitrogen and oxygen atoms in total. The fourth-order valence-corrected chi connectivity index (χ4v) is 3.93. The molecule has 0 amide bonds. The van der Waals surface area contributed by atoms with Gasteiger partial charge in [0.05, 0.1) is 23.3 Å². The summed E-state index contributed by atoms with van der Waals surface area (Å²) in [6.07, 6.45) is 7.21. The van der Waals surface area contributed by atoms with Gasteiger partial charge in [0.15, 0.2) is 0 Å². The van der Waals surface area contributed by atoms with Crippen molar-refractivity contribution in [1.29, 1.82) is 0 Å². The highest BCUT2D eigenvalue weighted by atomic mass is 79.9. The van der Waals surface area contributed by atoms with Gasteiger partial charge < -0.3 is 9.80 Å². The standard InChI is InChI=1S/C22H29BrN4/c1-25-20-14-8-9-15-21(20)27(17-11-4-3-10-16-23)22(25)18-24-26(2)19-12-6-5-7-13-19/h5-9,12-15,18,22H,3-4,10-11,16-17H2,1-2H3/b24-18+. The van der Waals surface area contributed by atoms with E-state index in [-0.39, 0.29) is 6.17 Å². The number of anilines is 3. The van der Waals surface area contributed by atoms with Crippen LogP contribution in [0.2, 0.25) is 0 Å². The van der Waals surface area contributed by atoms with E-state index in [1.54, 1.807) is 0 Å². The van der Waals surface area contributed by atoms with Crippen LogP contribution in [0.3, 0.4) is 0 Å². The van der Waals surface area contributed by atoms with Gasteiger partial charge in [-0.15, -0.1) is 0 Å². The van der Waals surface area contributed by atoms with Gasteiger partial charge in [0, 0.05) is 26.0 Å². The van der Waals surface area contributed by atoms with E-state index in [1.807, 2.05) is 30.3 Å². The lowest BCUT2D eigenvalue weighted by Gasteiger charge is -2.28. The Morgan fingerprint density at radius 2 is 1.63 bits per heavy atom. The molecule has 1 unspecified atom stereocenters. The second-order valence-electron chi connectivity index (χ2n) is 6.93. The van der Waals surface area contributed by atoms with Gasteiger partial charge in [-0.3, -0.25) is 5.01 Å². The summed E-state index contributed by atoms with van der Waals surface area (Å²) in [6.45, 7) is 1.05. The van der Waals surface area contributed by atoms with Crippen LogP contribution in [0.1, 0.15) is 25.7 Å². The fourth-order valence-electron chi connectivity index (χ4n) is 3.53. The Labute approximate surface area is 171 Å². The summed E-state index contributed by atoms with van der Waals surface area (Å²) in [5.41, 5.74) is 3.67. The van der Waals surface area contributed by atoms with Crippen molar-refractivity contribution in [3.63, 3.8) is 0 Å². The number of hydrogen-bond acceptors (Lipinski definition) is 4. The van der Waals surface area contributed by atoms with E-state index in [9.17, 15) is 0 Å². The average molecular weight is 429 g/mol. The third kappa shape index (κ3) is 4.83. The number of para-hydroxylation sites is 3. The van der Waals surface area contributed by atoms with Crippen molar-refractivity contribution in [3.8, 4) is 0 Å². The fraction of sp³-hybridized carbons (Fsp3) is 0.409. The van der Waals surface area contributed by atoms with Crippen LogP contribution in [0.25, 0.3) is 0 Å². The van der Waals surface area contributed by atoms with Crippen LogP contribution in [0.5, 0.6) is 0 Å². The van der Waals surface area contributed by atoms with Crippen LogP contribution in [-0.4, -0.2) is 38.4 Å². The zero-order chi connectivity index (χ0) is 19.1. The first-order chi connectivity index (χ1) is 13.2. The zero-order valence-electron chi connectivity index (χ0n) is 16.3. The van der Waals surface area contributed by atoms with E-state index in [0.29, 0.717) is 0 Å². The SMILES string of the molecule is CN(/N=C/C1N(C)c2ccccc2N1CCCCCCBr)c1ccccc1. The number of unbranched alkanes of at least 4 members (excludes halogenated alkanes) is 3. The van der Waals surface area contributed by atoms with Crippen molar-refractivity contribution >= 4 is 39.2 Å². The number of hydrogen-bond donors (Lipinski definition) is 0. The van der Waals surface area contributed by atoms with Crippen LogP contribution in [0.15, 0.2) is 59.7 Å². The molecule has 1 atom stereocenters. The first kappa shape index (κ1) is 19.7. The van der Waals surface area contributed by atoms with Crippen molar-refractivity contribution in [2.24, 2.45) is 5.10 Å². The molecule has 0 saturated heterocycles. The van der Waals surface area contributed by atoms with Crippen LogP contribution < -0.4 is 14.8 Å². The van der Waals surface area contributed by atoms with Crippen molar-refractivity contribution < 1.29 is 0 Å². The maximum Gasteiger partial charge on any atom is 0.140 e. The Bertz CT molecular complexity index is 734. The number of alkyl halides is 1. The maximum absolute atomic E-state index is 4.74. The molecule has 0 fully saturated rings. The van der Waals surface area contributed by atoms with Gasteiger partial charge in [0.25, 0.3) is 0 Å². The van der Waals surface area contributed by atoms with Crippen molar-refractivity contribution in [3.05, 3.63) is 54.6 Å². The predicted molar refractivity (Wildman–Crippen MR) is 122 cm³/mol. The van der Waals surface area contributed by atoms with Gasteiger partial charge in [-0.2, -0.15) is 5.10 Å². The number of nitrogens with zero attached hydrogens (tertiary/aromatic N) is 4. The quantitative estimate of drug-likeness (QED) is 0.232. The summed E-state index contributed by atoms with van der Waals surface area (Å²) in [5, 5.41) is 7.77. The molecule has 0 N–H and O–H groups in total. The summed E-state index contributed by atoms with van der Waals surface area (Å²) in [4.78, 5) is 4.79. The van der Waals surface area contributed by atoms with Crippen molar-refractivity contribution in [1.82, 2.24) is 0 Å². The highest BCUT2D eigenvalue weighted by Gasteiger charge is 2.31. The van der Waals surface area contributed by atoms with Crippen molar-refractivity contribution in [2.45, 2.75) is 31.8 Å². The highest BCUT2D eigenvalue weighted by Crippen LogP contribution is 2.38. The normalized spacial score (nSPS) is 16.2. The third-order valence-corrected chi connectivity index (χ3v) is 5.63. The molecule has 0 aliphatic carbocycles. The van der Waals surface area contributed by atoms with Gasteiger partial charge in [-0.25, -0.2) is 0 Å². The van der Waals surface area contributed by atoms with E-state index in [1.165, 1.54) is 37.1 Å². The van der Waals surface area contributed by atoms with Gasteiger partial charge >= 0.3 is 0 Å². The minimum absolute atomic E-state index is 0.143. The molecule has 2 aromatic rings. The summed E-state index contributed by atoms with van der Waals surface area (Å²) >= 11 is 3.52. The Hall–Kier alpha value is -2.01. The molecule has 0 radical (unpaired) electrons. The molecule has 1 aliphatic heterocycles. The molecule has 1 heterocycles. The molecule has 0 aromatic heterocycles. The van der Waals surface area contributed by atoms with E-state index < -0.39 is 0 Å². The van der Waals surface area contributed by atoms with Crippen LogP contribution in [0.4, 0.5) is 17.1 Å². The monoisotopic (exact) mass is 428 g/mol. The van der Waals surface area contributed by atoms with Gasteiger partial charge in [-0.05, 0) is 37.1 Å². The molecule has 144 valence electrons. The van der Waals surface area contributed by atoms with Crippen molar-refractivity contribution in [2.75, 3.05) is 40.8 Å². The second-order valence-corrected chi connectivity index (χ2v) is 7.73. The first-order valence-electron chi connectivity index (χ1n) is 9.69.